The third kappa shape index (κ3) is 2.65. The standard InChI is InChI=1S/C23H15N5S/c1-2-8-24-19(5-1)15-10-18-22(27-28-23(18)25-12-15)21-11-17-16(14-7-9-29-13-14)4-3-6-20(17)26-21/h1-13,26H,(H,25,27,28). The van der Waals surface area contributed by atoms with Crippen molar-refractivity contribution in [3.05, 3.63) is 77.8 Å². The molecule has 0 aliphatic rings. The monoisotopic (exact) mass is 393 g/mol. The lowest BCUT2D eigenvalue weighted by Gasteiger charge is -2.00. The Labute approximate surface area is 170 Å². The van der Waals surface area contributed by atoms with Gasteiger partial charge in [-0.3, -0.25) is 10.1 Å². The summed E-state index contributed by atoms with van der Waals surface area (Å²) in [4.78, 5) is 12.5. The Kier molecular flexibility index (Phi) is 3.57. The quantitative estimate of drug-likeness (QED) is 0.393. The molecule has 5 aromatic heterocycles. The van der Waals surface area contributed by atoms with Gasteiger partial charge in [-0.25, -0.2) is 4.98 Å². The number of aromatic amines is 2. The summed E-state index contributed by atoms with van der Waals surface area (Å²) in [6.07, 6.45) is 3.61. The summed E-state index contributed by atoms with van der Waals surface area (Å²) in [5.74, 6) is 0. The van der Waals surface area contributed by atoms with Crippen LogP contribution in [0.3, 0.4) is 0 Å². The van der Waals surface area contributed by atoms with E-state index in [-0.39, 0.29) is 0 Å². The molecule has 0 atom stereocenters. The molecule has 6 rings (SSSR count). The summed E-state index contributed by atoms with van der Waals surface area (Å²) in [6, 6.07) is 18.7. The molecular weight excluding hydrogens is 378 g/mol. The van der Waals surface area contributed by atoms with Gasteiger partial charge in [-0.15, -0.1) is 0 Å². The van der Waals surface area contributed by atoms with E-state index in [1.165, 1.54) is 16.5 Å². The molecule has 138 valence electrons. The van der Waals surface area contributed by atoms with Gasteiger partial charge >= 0.3 is 0 Å². The van der Waals surface area contributed by atoms with Gasteiger partial charge < -0.3 is 4.98 Å². The van der Waals surface area contributed by atoms with Crippen LogP contribution in [-0.2, 0) is 0 Å². The van der Waals surface area contributed by atoms with E-state index in [1.807, 2.05) is 24.4 Å². The van der Waals surface area contributed by atoms with Crippen molar-refractivity contribution in [3.63, 3.8) is 0 Å². The van der Waals surface area contributed by atoms with Crippen LogP contribution in [0.1, 0.15) is 0 Å². The second kappa shape index (κ2) is 6.39. The summed E-state index contributed by atoms with van der Waals surface area (Å²) < 4.78 is 0. The normalized spacial score (nSPS) is 11.4. The van der Waals surface area contributed by atoms with Gasteiger partial charge in [0.1, 0.15) is 0 Å². The zero-order chi connectivity index (χ0) is 19.2. The van der Waals surface area contributed by atoms with Gasteiger partial charge in [-0.1, -0.05) is 18.2 Å². The number of nitrogens with one attached hydrogen (secondary N) is 2. The number of nitrogens with zero attached hydrogens (tertiary/aromatic N) is 3. The van der Waals surface area contributed by atoms with Crippen LogP contribution in [0.5, 0.6) is 0 Å². The number of fused-ring (bicyclic) bond motifs is 2. The Morgan fingerprint density at radius 1 is 0.862 bits per heavy atom. The summed E-state index contributed by atoms with van der Waals surface area (Å²) in [7, 11) is 0. The smallest absolute Gasteiger partial charge is 0.181 e. The molecule has 2 N–H and O–H groups in total. The number of H-pyrrole nitrogens is 2. The predicted molar refractivity (Wildman–Crippen MR) is 118 cm³/mol. The van der Waals surface area contributed by atoms with Gasteiger partial charge in [-0.2, -0.15) is 16.4 Å². The van der Waals surface area contributed by atoms with Crippen LogP contribution in [-0.4, -0.2) is 25.1 Å². The Bertz CT molecular complexity index is 1450. The van der Waals surface area contributed by atoms with Gasteiger partial charge in [0.05, 0.1) is 17.1 Å². The first-order valence-corrected chi connectivity index (χ1v) is 10.2. The third-order valence-electron chi connectivity index (χ3n) is 5.14. The fraction of sp³-hybridized carbons (Fsp3) is 0. The maximum absolute atomic E-state index is 4.52. The highest BCUT2D eigenvalue weighted by Crippen LogP contribution is 2.35. The Hall–Kier alpha value is -3.77. The average molecular weight is 393 g/mol. The summed E-state index contributed by atoms with van der Waals surface area (Å²) in [5, 5.41) is 14.0. The van der Waals surface area contributed by atoms with E-state index in [0.29, 0.717) is 5.65 Å². The SMILES string of the molecule is c1ccc(-c2cnc3n[nH]c(-c4cc5c(-c6ccsc6)cccc5[nH]4)c3c2)nc1. The van der Waals surface area contributed by atoms with Crippen molar-refractivity contribution in [2.75, 3.05) is 0 Å². The molecule has 0 aliphatic heterocycles. The number of hydrogen-bond donors (Lipinski definition) is 2. The summed E-state index contributed by atoms with van der Waals surface area (Å²) in [5.41, 5.74) is 8.03. The van der Waals surface area contributed by atoms with Crippen LogP contribution >= 0.6 is 11.3 Å². The fourth-order valence-corrected chi connectivity index (χ4v) is 4.39. The first kappa shape index (κ1) is 16.2. The number of aromatic nitrogens is 5. The molecule has 5 heterocycles. The number of pyridine rings is 2. The van der Waals surface area contributed by atoms with Crippen molar-refractivity contribution >= 4 is 33.3 Å². The lowest BCUT2D eigenvalue weighted by Crippen LogP contribution is -1.85. The first-order chi connectivity index (χ1) is 14.4. The number of rotatable bonds is 3. The summed E-state index contributed by atoms with van der Waals surface area (Å²) >= 11 is 1.71. The van der Waals surface area contributed by atoms with Crippen molar-refractivity contribution in [2.24, 2.45) is 0 Å². The van der Waals surface area contributed by atoms with Crippen LogP contribution in [0.4, 0.5) is 0 Å². The molecular formula is C23H15N5S. The Morgan fingerprint density at radius 2 is 1.86 bits per heavy atom. The minimum Gasteiger partial charge on any atom is -0.353 e. The maximum atomic E-state index is 4.52. The van der Waals surface area contributed by atoms with Crippen LogP contribution in [0, 0.1) is 0 Å². The average Bonchev–Trinajstić information content (AvgIpc) is 3.52. The Balaban J connectivity index is 1.53. The number of benzene rings is 1. The second-order valence-corrected chi connectivity index (χ2v) is 7.65. The molecule has 6 aromatic rings. The van der Waals surface area contributed by atoms with Crippen molar-refractivity contribution < 1.29 is 0 Å². The molecule has 0 unspecified atom stereocenters. The lowest BCUT2D eigenvalue weighted by atomic mass is 10.0. The van der Waals surface area contributed by atoms with E-state index in [4.69, 9.17) is 0 Å². The molecule has 5 nitrogen and oxygen atoms in total. The van der Waals surface area contributed by atoms with E-state index in [1.54, 1.807) is 17.5 Å². The van der Waals surface area contributed by atoms with Crippen molar-refractivity contribution in [1.82, 2.24) is 25.1 Å². The molecule has 0 amide bonds. The number of hydrogen-bond acceptors (Lipinski definition) is 4. The van der Waals surface area contributed by atoms with E-state index in [9.17, 15) is 0 Å². The predicted octanol–water partition coefficient (Wildman–Crippen LogP) is 5.90. The second-order valence-electron chi connectivity index (χ2n) is 6.87. The maximum Gasteiger partial charge on any atom is 0.181 e. The topological polar surface area (TPSA) is 70.2 Å². The fourth-order valence-electron chi connectivity index (χ4n) is 3.74. The molecule has 1 aromatic carbocycles. The molecule has 6 heteroatoms. The largest absolute Gasteiger partial charge is 0.353 e. The molecule has 0 spiro atoms. The molecule has 0 aliphatic carbocycles. The molecule has 29 heavy (non-hydrogen) atoms. The minimum atomic E-state index is 0.691. The van der Waals surface area contributed by atoms with Crippen LogP contribution in [0.15, 0.2) is 77.8 Å². The zero-order valence-electron chi connectivity index (χ0n) is 15.3. The van der Waals surface area contributed by atoms with Gasteiger partial charge in [0.15, 0.2) is 5.65 Å². The van der Waals surface area contributed by atoms with Crippen molar-refractivity contribution in [3.8, 4) is 33.8 Å². The van der Waals surface area contributed by atoms with E-state index < -0.39 is 0 Å². The van der Waals surface area contributed by atoms with Gasteiger partial charge in [0, 0.05) is 34.2 Å². The molecule has 0 radical (unpaired) electrons. The highest BCUT2D eigenvalue weighted by molar-refractivity contribution is 7.08. The lowest BCUT2D eigenvalue weighted by molar-refractivity contribution is 1.10. The Morgan fingerprint density at radius 3 is 2.72 bits per heavy atom. The van der Waals surface area contributed by atoms with E-state index in [2.05, 4.69) is 72.3 Å². The van der Waals surface area contributed by atoms with Crippen LogP contribution in [0.2, 0.25) is 0 Å². The van der Waals surface area contributed by atoms with Crippen molar-refractivity contribution in [1.29, 1.82) is 0 Å². The highest BCUT2D eigenvalue weighted by atomic mass is 32.1. The number of thiophene rings is 1. The van der Waals surface area contributed by atoms with Gasteiger partial charge in [0.25, 0.3) is 0 Å². The van der Waals surface area contributed by atoms with Gasteiger partial charge in [0.2, 0.25) is 0 Å². The molecule has 0 bridgehead atoms. The van der Waals surface area contributed by atoms with Crippen LogP contribution in [0.25, 0.3) is 55.7 Å². The highest BCUT2D eigenvalue weighted by Gasteiger charge is 2.14. The zero-order valence-corrected chi connectivity index (χ0v) is 16.1. The minimum absolute atomic E-state index is 0.691. The molecule has 0 saturated carbocycles. The summed E-state index contributed by atoms with van der Waals surface area (Å²) in [6.45, 7) is 0. The molecule has 0 fully saturated rings. The van der Waals surface area contributed by atoms with E-state index in [0.717, 1.165) is 33.5 Å². The van der Waals surface area contributed by atoms with Crippen molar-refractivity contribution in [2.45, 2.75) is 0 Å². The molecule has 0 saturated heterocycles. The van der Waals surface area contributed by atoms with Gasteiger partial charge in [-0.05, 0) is 58.3 Å². The third-order valence-corrected chi connectivity index (χ3v) is 5.82. The van der Waals surface area contributed by atoms with Crippen LogP contribution < -0.4 is 0 Å². The first-order valence-electron chi connectivity index (χ1n) is 9.27. The van der Waals surface area contributed by atoms with E-state index >= 15 is 0 Å².